The van der Waals surface area contributed by atoms with Crippen molar-refractivity contribution in [3.8, 4) is 17.2 Å². The highest BCUT2D eigenvalue weighted by Crippen LogP contribution is 2.36. The molecule has 1 heterocycles. The van der Waals surface area contributed by atoms with Gasteiger partial charge in [-0.2, -0.15) is 5.26 Å². The van der Waals surface area contributed by atoms with E-state index >= 15 is 0 Å². The Hall–Kier alpha value is -1.56. The van der Waals surface area contributed by atoms with Crippen LogP contribution in [0.15, 0.2) is 30.3 Å². The SMILES string of the molecule is Cc1nc(Cl)c(-c2ccccc2)c(Cl)c1C#N. The second kappa shape index (κ2) is 4.75. The zero-order valence-corrected chi connectivity index (χ0v) is 10.5. The molecule has 2 nitrogen and oxygen atoms in total. The Labute approximate surface area is 109 Å². The number of aryl methyl sites for hydroxylation is 1. The average molecular weight is 263 g/mol. The van der Waals surface area contributed by atoms with Gasteiger partial charge in [0.25, 0.3) is 0 Å². The van der Waals surface area contributed by atoms with Crippen LogP contribution in [-0.4, -0.2) is 4.98 Å². The fourth-order valence-electron chi connectivity index (χ4n) is 1.61. The van der Waals surface area contributed by atoms with Crippen LogP contribution in [0.3, 0.4) is 0 Å². The van der Waals surface area contributed by atoms with E-state index in [0.717, 1.165) is 5.56 Å². The Morgan fingerprint density at radius 1 is 1.18 bits per heavy atom. The Morgan fingerprint density at radius 2 is 1.82 bits per heavy atom. The van der Waals surface area contributed by atoms with Gasteiger partial charge < -0.3 is 0 Å². The molecule has 0 bridgehead atoms. The summed E-state index contributed by atoms with van der Waals surface area (Å²) >= 11 is 12.3. The van der Waals surface area contributed by atoms with Gasteiger partial charge in [-0.25, -0.2) is 4.98 Å². The third-order valence-electron chi connectivity index (χ3n) is 2.45. The summed E-state index contributed by atoms with van der Waals surface area (Å²) in [6.07, 6.45) is 0. The van der Waals surface area contributed by atoms with Crippen LogP contribution in [0.25, 0.3) is 11.1 Å². The van der Waals surface area contributed by atoms with Gasteiger partial charge in [0, 0.05) is 5.56 Å². The molecule has 1 aromatic heterocycles. The van der Waals surface area contributed by atoms with Gasteiger partial charge in [-0.05, 0) is 12.5 Å². The van der Waals surface area contributed by atoms with Crippen molar-refractivity contribution in [2.45, 2.75) is 6.92 Å². The summed E-state index contributed by atoms with van der Waals surface area (Å²) in [6.45, 7) is 1.71. The van der Waals surface area contributed by atoms with Crippen LogP contribution in [0, 0.1) is 18.3 Å². The van der Waals surface area contributed by atoms with Crippen molar-refractivity contribution >= 4 is 23.2 Å². The van der Waals surface area contributed by atoms with E-state index in [1.807, 2.05) is 36.4 Å². The van der Waals surface area contributed by atoms with Crippen LogP contribution in [0.2, 0.25) is 10.2 Å². The summed E-state index contributed by atoms with van der Waals surface area (Å²) in [5, 5.41) is 9.72. The molecule has 17 heavy (non-hydrogen) atoms. The Bertz CT molecular complexity index is 601. The number of nitrogens with zero attached hydrogens (tertiary/aromatic N) is 2. The summed E-state index contributed by atoms with van der Waals surface area (Å²) in [6, 6.07) is 11.5. The van der Waals surface area contributed by atoms with Gasteiger partial charge in [-0.15, -0.1) is 0 Å². The highest BCUT2D eigenvalue weighted by atomic mass is 35.5. The minimum Gasteiger partial charge on any atom is -0.239 e. The molecule has 0 aliphatic carbocycles. The summed E-state index contributed by atoms with van der Waals surface area (Å²) in [5.41, 5.74) is 2.37. The van der Waals surface area contributed by atoms with E-state index in [1.165, 1.54) is 0 Å². The van der Waals surface area contributed by atoms with E-state index in [-0.39, 0.29) is 0 Å². The molecular weight excluding hydrogens is 255 g/mol. The largest absolute Gasteiger partial charge is 0.239 e. The number of benzene rings is 1. The number of halogens is 2. The van der Waals surface area contributed by atoms with Crippen LogP contribution in [0.5, 0.6) is 0 Å². The van der Waals surface area contributed by atoms with Crippen molar-refractivity contribution in [1.29, 1.82) is 5.26 Å². The molecule has 0 fully saturated rings. The van der Waals surface area contributed by atoms with E-state index in [1.54, 1.807) is 6.92 Å². The van der Waals surface area contributed by atoms with Crippen LogP contribution in [0.1, 0.15) is 11.3 Å². The number of hydrogen-bond donors (Lipinski definition) is 0. The van der Waals surface area contributed by atoms with Crippen molar-refractivity contribution < 1.29 is 0 Å². The summed E-state index contributed by atoms with van der Waals surface area (Å²) in [7, 11) is 0. The average Bonchev–Trinajstić information content (AvgIpc) is 2.30. The van der Waals surface area contributed by atoms with Gasteiger partial charge in [0.1, 0.15) is 11.2 Å². The molecule has 2 aromatic rings. The molecule has 0 N–H and O–H groups in total. The van der Waals surface area contributed by atoms with Gasteiger partial charge in [0.15, 0.2) is 0 Å². The smallest absolute Gasteiger partial charge is 0.138 e. The Kier molecular flexibility index (Phi) is 3.33. The first-order valence-corrected chi connectivity index (χ1v) is 5.72. The highest BCUT2D eigenvalue weighted by molar-refractivity contribution is 6.39. The lowest BCUT2D eigenvalue weighted by Gasteiger charge is -2.09. The van der Waals surface area contributed by atoms with Crippen molar-refractivity contribution in [3.63, 3.8) is 0 Å². The quantitative estimate of drug-likeness (QED) is 0.721. The first-order valence-electron chi connectivity index (χ1n) is 4.96. The number of aromatic nitrogens is 1. The maximum atomic E-state index is 9.04. The van der Waals surface area contributed by atoms with Crippen LogP contribution >= 0.6 is 23.2 Å². The molecular formula is C13H8Cl2N2. The fraction of sp³-hybridized carbons (Fsp3) is 0.0769. The first-order chi connectivity index (χ1) is 8.15. The predicted octanol–water partition coefficient (Wildman–Crippen LogP) is 4.24. The lowest BCUT2D eigenvalue weighted by Crippen LogP contribution is -1.94. The second-order valence-electron chi connectivity index (χ2n) is 3.53. The standard InChI is InChI=1S/C13H8Cl2N2/c1-8-10(7-16)12(14)11(13(15)17-8)9-5-3-2-4-6-9/h2-6H,1H3. The lowest BCUT2D eigenvalue weighted by atomic mass is 10.0. The summed E-state index contributed by atoms with van der Waals surface area (Å²) in [5.74, 6) is 0. The summed E-state index contributed by atoms with van der Waals surface area (Å²) < 4.78 is 0. The molecule has 0 amide bonds. The molecule has 0 aliphatic heterocycles. The van der Waals surface area contributed by atoms with E-state index in [2.05, 4.69) is 4.98 Å². The molecule has 0 unspecified atom stereocenters. The molecule has 0 saturated heterocycles. The number of pyridine rings is 1. The number of rotatable bonds is 1. The maximum Gasteiger partial charge on any atom is 0.138 e. The molecule has 0 radical (unpaired) electrons. The van der Waals surface area contributed by atoms with Gasteiger partial charge in [-0.1, -0.05) is 53.5 Å². The second-order valence-corrected chi connectivity index (χ2v) is 4.27. The van der Waals surface area contributed by atoms with Gasteiger partial charge in [-0.3, -0.25) is 0 Å². The van der Waals surface area contributed by atoms with Gasteiger partial charge in [0.2, 0.25) is 0 Å². The molecule has 1 aromatic carbocycles. The fourth-order valence-corrected chi connectivity index (χ4v) is 2.37. The van der Waals surface area contributed by atoms with Gasteiger partial charge in [0.05, 0.1) is 16.3 Å². The molecule has 2 rings (SSSR count). The van der Waals surface area contributed by atoms with E-state index in [4.69, 9.17) is 28.5 Å². The molecule has 84 valence electrons. The number of hydrogen-bond acceptors (Lipinski definition) is 2. The normalized spacial score (nSPS) is 10.0. The van der Waals surface area contributed by atoms with Gasteiger partial charge >= 0.3 is 0 Å². The topological polar surface area (TPSA) is 36.7 Å². The molecule has 0 spiro atoms. The Morgan fingerprint density at radius 3 is 2.41 bits per heavy atom. The highest BCUT2D eigenvalue weighted by Gasteiger charge is 2.16. The Balaban J connectivity index is 2.76. The van der Waals surface area contributed by atoms with Crippen LogP contribution in [-0.2, 0) is 0 Å². The summed E-state index contributed by atoms with van der Waals surface area (Å²) in [4.78, 5) is 4.14. The first kappa shape index (κ1) is 11.9. The van der Waals surface area contributed by atoms with E-state index < -0.39 is 0 Å². The molecule has 0 saturated carbocycles. The zero-order valence-electron chi connectivity index (χ0n) is 9.04. The van der Waals surface area contributed by atoms with Crippen molar-refractivity contribution in [2.75, 3.05) is 0 Å². The van der Waals surface area contributed by atoms with Crippen LogP contribution in [0.4, 0.5) is 0 Å². The molecule has 0 atom stereocenters. The van der Waals surface area contributed by atoms with Crippen molar-refractivity contribution in [3.05, 3.63) is 51.8 Å². The zero-order chi connectivity index (χ0) is 12.4. The third-order valence-corrected chi connectivity index (χ3v) is 3.10. The van der Waals surface area contributed by atoms with Crippen molar-refractivity contribution in [1.82, 2.24) is 4.98 Å². The maximum absolute atomic E-state index is 9.04. The van der Waals surface area contributed by atoms with Crippen molar-refractivity contribution in [2.24, 2.45) is 0 Å². The third kappa shape index (κ3) is 2.12. The predicted molar refractivity (Wildman–Crippen MR) is 69.1 cm³/mol. The lowest BCUT2D eigenvalue weighted by molar-refractivity contribution is 1.18. The minimum absolute atomic E-state index is 0.317. The monoisotopic (exact) mass is 262 g/mol. The minimum atomic E-state index is 0.317. The van der Waals surface area contributed by atoms with E-state index in [9.17, 15) is 0 Å². The molecule has 0 aliphatic rings. The van der Waals surface area contributed by atoms with E-state index in [0.29, 0.717) is 27.0 Å². The number of nitriles is 1. The van der Waals surface area contributed by atoms with Crippen LogP contribution < -0.4 is 0 Å². The molecule has 4 heteroatoms.